The Bertz CT molecular complexity index is 1550. The van der Waals surface area contributed by atoms with E-state index in [0.717, 1.165) is 24.1 Å². The molecular weight excluding hydrogens is 470 g/mol. The number of hydrogen-bond donors (Lipinski definition) is 2. The number of carbonyl (C=O) groups is 2. The van der Waals surface area contributed by atoms with Gasteiger partial charge < -0.3 is 16.0 Å². The van der Waals surface area contributed by atoms with Gasteiger partial charge in [0.05, 0.1) is 28.4 Å². The van der Waals surface area contributed by atoms with Crippen LogP contribution in [0.4, 0.5) is 11.8 Å². The van der Waals surface area contributed by atoms with E-state index in [-0.39, 0.29) is 23.6 Å². The summed E-state index contributed by atoms with van der Waals surface area (Å²) in [5, 5.41) is 11.7. The number of nitrogens with one attached hydrogen (secondary N) is 1. The first-order chi connectivity index (χ1) is 18.0. The second-order valence-corrected chi connectivity index (χ2v) is 8.60. The molecule has 1 saturated heterocycles. The molecule has 1 unspecified atom stereocenters. The molecule has 4 aromatic rings. The minimum Gasteiger partial charge on any atom is -0.369 e. The van der Waals surface area contributed by atoms with E-state index >= 15 is 0 Å². The largest absolute Gasteiger partial charge is 0.369 e. The van der Waals surface area contributed by atoms with Crippen molar-refractivity contribution in [2.75, 3.05) is 24.1 Å². The highest BCUT2D eigenvalue weighted by Gasteiger charge is 2.28. The Balaban J connectivity index is 1.45. The van der Waals surface area contributed by atoms with Crippen LogP contribution in [0.15, 0.2) is 61.6 Å². The number of aromatic nitrogens is 5. The second kappa shape index (κ2) is 9.87. The fourth-order valence-corrected chi connectivity index (χ4v) is 4.50. The molecule has 4 aromatic heterocycles. The monoisotopic (exact) mass is 493 g/mol. The molecule has 0 spiro atoms. The van der Waals surface area contributed by atoms with Crippen molar-refractivity contribution in [1.29, 1.82) is 5.26 Å². The van der Waals surface area contributed by atoms with Crippen molar-refractivity contribution in [2.24, 2.45) is 0 Å². The third-order valence-electron chi connectivity index (χ3n) is 6.29. The predicted octanol–water partition coefficient (Wildman–Crippen LogP) is 2.78. The van der Waals surface area contributed by atoms with Gasteiger partial charge in [0.15, 0.2) is 5.82 Å². The van der Waals surface area contributed by atoms with E-state index in [4.69, 9.17) is 16.0 Å². The lowest BCUT2D eigenvalue weighted by molar-refractivity contribution is -0.127. The van der Waals surface area contributed by atoms with Crippen LogP contribution in [0.1, 0.15) is 40.4 Å². The fourth-order valence-electron chi connectivity index (χ4n) is 4.50. The minimum atomic E-state index is -0.411. The lowest BCUT2D eigenvalue weighted by atomic mass is 9.94. The van der Waals surface area contributed by atoms with Gasteiger partial charge in [-0.25, -0.2) is 15.0 Å². The van der Waals surface area contributed by atoms with E-state index in [2.05, 4.69) is 26.8 Å². The van der Waals surface area contributed by atoms with Crippen molar-refractivity contribution in [2.45, 2.75) is 18.8 Å². The molecule has 37 heavy (non-hydrogen) atoms. The summed E-state index contributed by atoms with van der Waals surface area (Å²) in [6.07, 6.45) is 7.59. The van der Waals surface area contributed by atoms with Crippen LogP contribution in [0.5, 0.6) is 0 Å². The van der Waals surface area contributed by atoms with Gasteiger partial charge >= 0.3 is 0 Å². The van der Waals surface area contributed by atoms with Crippen LogP contribution in [0.25, 0.3) is 17.0 Å². The van der Waals surface area contributed by atoms with Gasteiger partial charge in [0.2, 0.25) is 11.9 Å². The molecule has 0 aromatic carbocycles. The first kappa shape index (κ1) is 23.6. The summed E-state index contributed by atoms with van der Waals surface area (Å²) in [5.74, 6) is 0.536. The maximum absolute atomic E-state index is 12.7. The number of nitrogens with two attached hydrogens (primary N) is 1. The average molecular weight is 494 g/mol. The number of piperidine rings is 1. The summed E-state index contributed by atoms with van der Waals surface area (Å²) in [6.45, 7) is 4.82. The second-order valence-electron chi connectivity index (χ2n) is 8.60. The molecule has 5 heterocycles. The molecule has 0 saturated carbocycles. The SMILES string of the molecule is C=CC(=O)N1CCCC(c2nc(-c3ccc(C(=O)Nc4cc(C#N)ccn4)cn3)n3c(N)nccc23)C1. The number of carbonyl (C=O) groups excluding carboxylic acids is 2. The van der Waals surface area contributed by atoms with Crippen LogP contribution in [-0.2, 0) is 4.79 Å². The molecule has 0 aliphatic carbocycles. The Kier molecular flexibility index (Phi) is 6.30. The molecule has 1 aliphatic heterocycles. The molecule has 5 rings (SSSR count). The van der Waals surface area contributed by atoms with Crippen molar-refractivity contribution in [3.8, 4) is 17.6 Å². The van der Waals surface area contributed by atoms with E-state index in [0.29, 0.717) is 35.7 Å². The van der Waals surface area contributed by atoms with Gasteiger partial charge in [-0.15, -0.1) is 0 Å². The van der Waals surface area contributed by atoms with Gasteiger partial charge in [-0.1, -0.05) is 6.58 Å². The van der Waals surface area contributed by atoms with Crippen LogP contribution in [0, 0.1) is 11.3 Å². The summed E-state index contributed by atoms with van der Waals surface area (Å²) in [5.41, 5.74) is 9.06. The lowest BCUT2D eigenvalue weighted by Gasteiger charge is -2.31. The summed E-state index contributed by atoms with van der Waals surface area (Å²) in [4.78, 5) is 44.3. The molecule has 0 radical (unpaired) electrons. The van der Waals surface area contributed by atoms with Crippen LogP contribution in [-0.4, -0.2) is 54.1 Å². The molecule has 2 amide bonds. The van der Waals surface area contributed by atoms with E-state index in [1.54, 1.807) is 33.7 Å². The molecule has 1 aliphatic rings. The van der Waals surface area contributed by atoms with Crippen molar-refractivity contribution in [3.05, 3.63) is 78.4 Å². The summed E-state index contributed by atoms with van der Waals surface area (Å²) >= 11 is 0. The third kappa shape index (κ3) is 4.60. The van der Waals surface area contributed by atoms with E-state index in [9.17, 15) is 9.59 Å². The van der Waals surface area contributed by atoms with Gasteiger partial charge in [0.1, 0.15) is 11.5 Å². The molecule has 1 atom stereocenters. The Morgan fingerprint density at radius 1 is 1.19 bits per heavy atom. The maximum Gasteiger partial charge on any atom is 0.258 e. The van der Waals surface area contributed by atoms with Crippen LogP contribution >= 0.6 is 0 Å². The van der Waals surface area contributed by atoms with Crippen LogP contribution in [0.2, 0.25) is 0 Å². The topological polar surface area (TPSA) is 155 Å². The van der Waals surface area contributed by atoms with Crippen molar-refractivity contribution >= 4 is 29.1 Å². The van der Waals surface area contributed by atoms with E-state index in [1.165, 1.54) is 24.5 Å². The zero-order chi connectivity index (χ0) is 25.9. The Morgan fingerprint density at radius 3 is 2.78 bits per heavy atom. The zero-order valence-electron chi connectivity index (χ0n) is 19.8. The van der Waals surface area contributed by atoms with Crippen molar-refractivity contribution in [1.82, 2.24) is 29.2 Å². The number of pyridine rings is 2. The van der Waals surface area contributed by atoms with Gasteiger partial charge in [-0.2, -0.15) is 5.26 Å². The average Bonchev–Trinajstić information content (AvgIpc) is 3.34. The quantitative estimate of drug-likeness (QED) is 0.402. The summed E-state index contributed by atoms with van der Waals surface area (Å²) in [6, 6.07) is 10.2. The van der Waals surface area contributed by atoms with E-state index < -0.39 is 5.91 Å². The van der Waals surface area contributed by atoms with Gasteiger partial charge in [0, 0.05) is 37.6 Å². The Hall–Kier alpha value is -5.11. The minimum absolute atomic E-state index is 0.0184. The van der Waals surface area contributed by atoms with Gasteiger partial charge in [-0.3, -0.25) is 19.0 Å². The highest BCUT2D eigenvalue weighted by molar-refractivity contribution is 6.03. The van der Waals surface area contributed by atoms with Gasteiger partial charge in [-0.05, 0) is 49.2 Å². The highest BCUT2D eigenvalue weighted by atomic mass is 16.2. The number of amides is 2. The number of hydrogen-bond acceptors (Lipinski definition) is 8. The first-order valence-electron chi connectivity index (χ1n) is 11.7. The number of imidazole rings is 1. The molecule has 1 fully saturated rings. The fraction of sp³-hybridized carbons (Fsp3) is 0.192. The summed E-state index contributed by atoms with van der Waals surface area (Å²) in [7, 11) is 0. The summed E-state index contributed by atoms with van der Waals surface area (Å²) < 4.78 is 1.74. The number of anilines is 2. The highest BCUT2D eigenvalue weighted by Crippen LogP contribution is 2.33. The lowest BCUT2D eigenvalue weighted by Crippen LogP contribution is -2.38. The van der Waals surface area contributed by atoms with Gasteiger partial charge in [0.25, 0.3) is 5.91 Å². The molecular formula is C26H23N9O2. The number of likely N-dealkylation sites (tertiary alicyclic amines) is 1. The van der Waals surface area contributed by atoms with Crippen molar-refractivity contribution in [3.63, 3.8) is 0 Å². The number of fused-ring (bicyclic) bond motifs is 1. The number of nitriles is 1. The smallest absolute Gasteiger partial charge is 0.258 e. The number of rotatable bonds is 5. The van der Waals surface area contributed by atoms with Crippen LogP contribution in [0.3, 0.4) is 0 Å². The predicted molar refractivity (Wildman–Crippen MR) is 136 cm³/mol. The van der Waals surface area contributed by atoms with Crippen molar-refractivity contribution < 1.29 is 9.59 Å². The molecule has 0 bridgehead atoms. The normalized spacial score (nSPS) is 15.2. The third-order valence-corrected chi connectivity index (χ3v) is 6.29. The zero-order valence-corrected chi connectivity index (χ0v) is 19.8. The standard InChI is InChI=1S/C26H23N9O2/c1-2-22(36)34-11-3-4-18(15-34)23-20-8-10-30-26(28)35(20)24(33-23)19-6-5-17(14-31-19)25(37)32-21-12-16(13-27)7-9-29-21/h2,5-10,12,14,18H,1,3-4,11,15H2,(H2,28,30)(H,29,32,37). The molecule has 11 heteroatoms. The number of nitrogens with zero attached hydrogens (tertiary/aromatic N) is 7. The van der Waals surface area contributed by atoms with Crippen LogP contribution < -0.4 is 11.1 Å². The molecule has 3 N–H and O–H groups in total. The van der Waals surface area contributed by atoms with E-state index in [1.807, 2.05) is 12.1 Å². The Labute approximate surface area is 212 Å². The maximum atomic E-state index is 12.7. The number of nitrogen functional groups attached to an aromatic ring is 1. The Morgan fingerprint density at radius 2 is 2.03 bits per heavy atom. The first-order valence-corrected chi connectivity index (χ1v) is 11.7. The molecule has 11 nitrogen and oxygen atoms in total. The molecule has 184 valence electrons.